The van der Waals surface area contributed by atoms with E-state index in [4.69, 9.17) is 14.2 Å². The number of carbonyl (C=O) groups excluding carboxylic acids is 2. The number of amides is 1. The lowest BCUT2D eigenvalue weighted by atomic mass is 9.99. The van der Waals surface area contributed by atoms with Gasteiger partial charge in [-0.1, -0.05) is 170 Å². The molecule has 0 aliphatic carbocycles. The summed E-state index contributed by atoms with van der Waals surface area (Å²) < 4.78 is 16.6. The zero-order valence-electron chi connectivity index (χ0n) is 44.2. The molecule has 11 nitrogen and oxygen atoms in total. The lowest BCUT2D eigenvalue weighted by molar-refractivity contribution is -0.302. The molecule has 6 N–H and O–H groups in total. The van der Waals surface area contributed by atoms with Gasteiger partial charge < -0.3 is 45.1 Å². The molecule has 7 unspecified atom stereocenters. The second-order valence-corrected chi connectivity index (χ2v) is 19.3. The molecule has 1 heterocycles. The zero-order chi connectivity index (χ0) is 51.0. The molecule has 0 spiro atoms. The van der Waals surface area contributed by atoms with Crippen molar-refractivity contribution in [1.29, 1.82) is 0 Å². The number of aliphatic hydroxyl groups excluding tert-OH is 5. The Morgan fingerprint density at radius 3 is 1.59 bits per heavy atom. The third-order valence-corrected chi connectivity index (χ3v) is 12.8. The first-order chi connectivity index (χ1) is 34.2. The SMILES string of the molecule is C/C=C/CC/C=C/CC/C=C/C(O)C(COC1OC(CO)C(O)C(O)C1O)NC(=O)CCCCCCCCC/C=C\C/C=C\CCCCCOC(=O)CCCCCCC/C=C\CCCCCCCCC. The highest BCUT2D eigenvalue weighted by Crippen LogP contribution is 2.23. The number of allylic oxidation sites excluding steroid dienone is 11. The molecule has 1 fully saturated rings. The zero-order valence-corrected chi connectivity index (χ0v) is 44.2. The van der Waals surface area contributed by atoms with Crippen molar-refractivity contribution >= 4 is 11.9 Å². The van der Waals surface area contributed by atoms with Crippen LogP contribution in [0.1, 0.15) is 226 Å². The van der Waals surface area contributed by atoms with Crippen LogP contribution in [-0.4, -0.2) is 100 Å². The lowest BCUT2D eigenvalue weighted by Crippen LogP contribution is -2.60. The van der Waals surface area contributed by atoms with Gasteiger partial charge in [0.05, 0.1) is 32.0 Å². The van der Waals surface area contributed by atoms with Gasteiger partial charge in [0, 0.05) is 12.8 Å². The average Bonchev–Trinajstić information content (AvgIpc) is 3.36. The summed E-state index contributed by atoms with van der Waals surface area (Å²) in [5, 5.41) is 54.1. The molecule has 0 aromatic carbocycles. The normalized spacial score (nSPS) is 19.8. The molecule has 11 heteroatoms. The molecule has 0 radical (unpaired) electrons. The second-order valence-electron chi connectivity index (χ2n) is 19.3. The fourth-order valence-corrected chi connectivity index (χ4v) is 8.32. The Morgan fingerprint density at radius 1 is 0.557 bits per heavy atom. The van der Waals surface area contributed by atoms with Gasteiger partial charge in [-0.25, -0.2) is 0 Å². The number of ether oxygens (including phenoxy) is 3. The van der Waals surface area contributed by atoms with Crippen molar-refractivity contribution in [2.24, 2.45) is 0 Å². The van der Waals surface area contributed by atoms with E-state index < -0.39 is 49.5 Å². The minimum absolute atomic E-state index is 0.0424. The maximum absolute atomic E-state index is 13.0. The number of aliphatic hydroxyl groups is 5. The van der Waals surface area contributed by atoms with Crippen LogP contribution in [0, 0.1) is 0 Å². The van der Waals surface area contributed by atoms with Crippen LogP contribution in [0.25, 0.3) is 0 Å². The molecule has 7 atom stereocenters. The topological polar surface area (TPSA) is 175 Å². The van der Waals surface area contributed by atoms with Crippen molar-refractivity contribution in [1.82, 2.24) is 5.32 Å². The molecule has 1 saturated heterocycles. The molecule has 0 aromatic heterocycles. The van der Waals surface area contributed by atoms with E-state index >= 15 is 0 Å². The van der Waals surface area contributed by atoms with Crippen LogP contribution in [0.4, 0.5) is 0 Å². The summed E-state index contributed by atoms with van der Waals surface area (Å²) in [5.41, 5.74) is 0. The Labute approximate surface area is 426 Å². The molecule has 1 rings (SSSR count). The minimum atomic E-state index is -1.59. The van der Waals surface area contributed by atoms with Gasteiger partial charge in [0.25, 0.3) is 0 Å². The minimum Gasteiger partial charge on any atom is -0.466 e. The molecular formula is C59H103NO10. The van der Waals surface area contributed by atoms with Crippen LogP contribution in [0.5, 0.6) is 0 Å². The van der Waals surface area contributed by atoms with E-state index in [1.807, 2.05) is 19.1 Å². The fraction of sp³-hybridized carbons (Fsp3) is 0.763. The molecule has 1 aliphatic heterocycles. The Hall–Kier alpha value is -2.90. The Bertz CT molecular complexity index is 1390. The quantitative estimate of drug-likeness (QED) is 0.0196. The predicted molar refractivity (Wildman–Crippen MR) is 287 cm³/mol. The third-order valence-electron chi connectivity index (χ3n) is 12.8. The predicted octanol–water partition coefficient (Wildman–Crippen LogP) is 12.4. The molecule has 1 aliphatic rings. The van der Waals surface area contributed by atoms with Crippen molar-refractivity contribution in [3.8, 4) is 0 Å². The molecule has 70 heavy (non-hydrogen) atoms. The van der Waals surface area contributed by atoms with Crippen molar-refractivity contribution in [3.63, 3.8) is 0 Å². The van der Waals surface area contributed by atoms with Crippen LogP contribution in [0.15, 0.2) is 72.9 Å². The summed E-state index contributed by atoms with van der Waals surface area (Å²) in [6, 6.07) is -0.847. The number of hydrogen-bond acceptors (Lipinski definition) is 10. The first-order valence-electron chi connectivity index (χ1n) is 28.2. The molecule has 0 bridgehead atoms. The van der Waals surface area contributed by atoms with Gasteiger partial charge in [0.15, 0.2) is 6.29 Å². The fourth-order valence-electron chi connectivity index (χ4n) is 8.32. The third kappa shape index (κ3) is 37.8. The number of esters is 1. The number of nitrogens with one attached hydrogen (secondary N) is 1. The average molecular weight is 986 g/mol. The number of unbranched alkanes of at least 4 members (excludes halogenated alkanes) is 24. The van der Waals surface area contributed by atoms with E-state index in [0.29, 0.717) is 25.9 Å². The molecule has 0 saturated carbocycles. The van der Waals surface area contributed by atoms with E-state index in [-0.39, 0.29) is 18.5 Å². The van der Waals surface area contributed by atoms with E-state index in [1.165, 1.54) is 96.3 Å². The van der Waals surface area contributed by atoms with Gasteiger partial charge in [-0.05, 0) is 116 Å². The van der Waals surface area contributed by atoms with Gasteiger partial charge in [0.1, 0.15) is 24.4 Å². The van der Waals surface area contributed by atoms with Crippen LogP contribution < -0.4 is 5.32 Å². The number of rotatable bonds is 47. The lowest BCUT2D eigenvalue weighted by Gasteiger charge is -2.40. The van der Waals surface area contributed by atoms with Gasteiger partial charge >= 0.3 is 5.97 Å². The van der Waals surface area contributed by atoms with Crippen molar-refractivity contribution in [2.75, 3.05) is 19.8 Å². The van der Waals surface area contributed by atoms with Crippen molar-refractivity contribution < 1.29 is 49.3 Å². The molecular weight excluding hydrogens is 883 g/mol. The van der Waals surface area contributed by atoms with E-state index in [0.717, 1.165) is 96.3 Å². The van der Waals surface area contributed by atoms with Gasteiger partial charge in [-0.3, -0.25) is 9.59 Å². The van der Waals surface area contributed by atoms with Crippen LogP contribution in [0.2, 0.25) is 0 Å². The maximum atomic E-state index is 13.0. The number of hydrogen-bond donors (Lipinski definition) is 6. The maximum Gasteiger partial charge on any atom is 0.305 e. The molecule has 0 aromatic rings. The Balaban J connectivity index is 2.09. The molecule has 1 amide bonds. The van der Waals surface area contributed by atoms with E-state index in [9.17, 15) is 35.1 Å². The van der Waals surface area contributed by atoms with Crippen molar-refractivity contribution in [3.05, 3.63) is 72.9 Å². The summed E-state index contributed by atoms with van der Waals surface area (Å²) in [6.07, 6.45) is 53.1. The molecule has 404 valence electrons. The van der Waals surface area contributed by atoms with Gasteiger partial charge in [-0.2, -0.15) is 0 Å². The summed E-state index contributed by atoms with van der Waals surface area (Å²) in [4.78, 5) is 25.0. The Morgan fingerprint density at radius 2 is 1.03 bits per heavy atom. The highest BCUT2D eigenvalue weighted by atomic mass is 16.7. The highest BCUT2D eigenvalue weighted by Gasteiger charge is 2.44. The van der Waals surface area contributed by atoms with Gasteiger partial charge in [-0.15, -0.1) is 0 Å². The monoisotopic (exact) mass is 986 g/mol. The van der Waals surface area contributed by atoms with Crippen molar-refractivity contribution in [2.45, 2.75) is 269 Å². The first-order valence-corrected chi connectivity index (χ1v) is 28.2. The van der Waals surface area contributed by atoms with Gasteiger partial charge in [0.2, 0.25) is 5.91 Å². The van der Waals surface area contributed by atoms with Crippen LogP contribution in [0.3, 0.4) is 0 Å². The largest absolute Gasteiger partial charge is 0.466 e. The summed E-state index contributed by atoms with van der Waals surface area (Å²) >= 11 is 0. The standard InChI is InChI=1S/C59H103NO10/c1-3-5-7-9-11-13-14-15-16-21-24-27-31-35-39-43-47-55(64)68-48-44-40-36-32-28-25-22-19-17-18-20-23-26-30-34-38-42-46-54(63)60-51(52(62)45-41-37-33-29-12-10-8-6-4-2)50-69-59-58(67)57(66)56(65)53(49-61)70-59/h4,6,12,16-17,19,21,25,28-29,41,45,51-53,56-59,61-62,65-67H,3,5,7-11,13-15,18,20,22-24,26-27,30-40,42-44,46-50H2,1-2H3,(H,60,63)/b6-4+,19-17-,21-16-,28-25-,29-12+,45-41+. The van der Waals surface area contributed by atoms with Crippen LogP contribution in [-0.2, 0) is 23.8 Å². The highest BCUT2D eigenvalue weighted by molar-refractivity contribution is 5.76. The van der Waals surface area contributed by atoms with E-state index in [2.05, 4.69) is 66.9 Å². The summed E-state index contributed by atoms with van der Waals surface area (Å²) in [6.45, 7) is 4.00. The summed E-state index contributed by atoms with van der Waals surface area (Å²) in [5.74, 6) is -0.260. The Kier molecular flexibility index (Phi) is 45.0. The summed E-state index contributed by atoms with van der Waals surface area (Å²) in [7, 11) is 0. The first kappa shape index (κ1) is 65.1. The van der Waals surface area contributed by atoms with E-state index in [1.54, 1.807) is 6.08 Å². The van der Waals surface area contributed by atoms with Crippen LogP contribution >= 0.6 is 0 Å². The smallest absolute Gasteiger partial charge is 0.305 e. The second kappa shape index (κ2) is 48.4. The number of carbonyl (C=O) groups is 2.